The number of esters is 1. The predicted octanol–water partition coefficient (Wildman–Crippen LogP) is 2.38. The van der Waals surface area contributed by atoms with E-state index in [0.29, 0.717) is 5.03 Å². The summed E-state index contributed by atoms with van der Waals surface area (Å²) in [6.07, 6.45) is 0. The van der Waals surface area contributed by atoms with Gasteiger partial charge in [-0.15, -0.1) is 0 Å². The van der Waals surface area contributed by atoms with Gasteiger partial charge in [-0.05, 0) is 25.0 Å². The molecule has 0 fully saturated rings. The molecular weight excluding hydrogens is 338 g/mol. The maximum atomic E-state index is 12.4. The second-order valence-corrected chi connectivity index (χ2v) is 6.36. The van der Waals surface area contributed by atoms with Crippen molar-refractivity contribution in [2.75, 3.05) is 12.4 Å². The molecule has 6 nitrogen and oxygen atoms in total. The van der Waals surface area contributed by atoms with Gasteiger partial charge in [-0.1, -0.05) is 36.0 Å². The summed E-state index contributed by atoms with van der Waals surface area (Å²) >= 11 is 1.04. The van der Waals surface area contributed by atoms with E-state index < -0.39 is 23.7 Å². The SMILES string of the molecule is CCOC(=O)CSC1=C(C#N)[C@H](c2ccccc2C)[C@@H](C#N)C(=O)N1. The fourth-order valence-electron chi connectivity index (χ4n) is 2.69. The second kappa shape index (κ2) is 8.36. The topological polar surface area (TPSA) is 103 Å². The molecular formula is C18H17N3O3S. The third-order valence-electron chi connectivity index (χ3n) is 3.83. The van der Waals surface area contributed by atoms with E-state index in [-0.39, 0.29) is 17.9 Å². The minimum Gasteiger partial charge on any atom is -0.465 e. The summed E-state index contributed by atoms with van der Waals surface area (Å²) in [5.74, 6) is -2.58. The monoisotopic (exact) mass is 355 g/mol. The van der Waals surface area contributed by atoms with Crippen LogP contribution in [0.25, 0.3) is 0 Å². The summed E-state index contributed by atoms with van der Waals surface area (Å²) < 4.78 is 4.87. The summed E-state index contributed by atoms with van der Waals surface area (Å²) in [7, 11) is 0. The number of allylic oxidation sites excluding steroid dienone is 1. The molecule has 1 aromatic carbocycles. The lowest BCUT2D eigenvalue weighted by Crippen LogP contribution is -2.39. The number of aryl methyl sites for hydroxylation is 1. The lowest BCUT2D eigenvalue weighted by Gasteiger charge is -2.29. The third-order valence-corrected chi connectivity index (χ3v) is 4.82. The van der Waals surface area contributed by atoms with Gasteiger partial charge in [-0.2, -0.15) is 10.5 Å². The highest BCUT2D eigenvalue weighted by molar-refractivity contribution is 8.03. The maximum absolute atomic E-state index is 12.4. The first kappa shape index (κ1) is 18.6. The zero-order valence-electron chi connectivity index (χ0n) is 13.9. The molecule has 0 aliphatic carbocycles. The Morgan fingerprint density at radius 1 is 1.36 bits per heavy atom. The van der Waals surface area contributed by atoms with Crippen LogP contribution in [0.5, 0.6) is 0 Å². The average Bonchev–Trinajstić information content (AvgIpc) is 2.60. The minimum atomic E-state index is -0.998. The number of rotatable bonds is 5. The summed E-state index contributed by atoms with van der Waals surface area (Å²) in [5, 5.41) is 22.0. The van der Waals surface area contributed by atoms with Crippen LogP contribution in [0, 0.1) is 35.5 Å². The van der Waals surface area contributed by atoms with Gasteiger partial charge in [0.25, 0.3) is 0 Å². The van der Waals surface area contributed by atoms with E-state index in [1.807, 2.05) is 37.3 Å². The van der Waals surface area contributed by atoms with Gasteiger partial charge in [0.15, 0.2) is 0 Å². The summed E-state index contributed by atoms with van der Waals surface area (Å²) in [6, 6.07) is 11.5. The number of hydrogen-bond acceptors (Lipinski definition) is 6. The average molecular weight is 355 g/mol. The molecule has 0 bridgehead atoms. The van der Waals surface area contributed by atoms with Crippen molar-refractivity contribution in [2.45, 2.75) is 19.8 Å². The van der Waals surface area contributed by atoms with Crippen molar-refractivity contribution < 1.29 is 14.3 Å². The smallest absolute Gasteiger partial charge is 0.316 e. The van der Waals surface area contributed by atoms with Crippen molar-refractivity contribution in [3.05, 3.63) is 46.0 Å². The number of ether oxygens (including phenoxy) is 1. The Morgan fingerprint density at radius 2 is 2.08 bits per heavy atom. The van der Waals surface area contributed by atoms with Crippen LogP contribution in [-0.4, -0.2) is 24.2 Å². The Hall–Kier alpha value is -2.77. The lowest BCUT2D eigenvalue weighted by molar-refractivity contribution is -0.139. The number of carbonyl (C=O) groups is 2. The molecule has 1 aromatic rings. The lowest BCUT2D eigenvalue weighted by atomic mass is 9.78. The Labute approximate surface area is 150 Å². The van der Waals surface area contributed by atoms with Crippen LogP contribution in [0.15, 0.2) is 34.9 Å². The number of hydrogen-bond donors (Lipinski definition) is 1. The Kier molecular flexibility index (Phi) is 6.21. The molecule has 1 N–H and O–H groups in total. The van der Waals surface area contributed by atoms with Crippen LogP contribution >= 0.6 is 11.8 Å². The Bertz CT molecular complexity index is 805. The zero-order valence-corrected chi connectivity index (χ0v) is 14.7. The van der Waals surface area contributed by atoms with Crippen molar-refractivity contribution in [3.8, 4) is 12.1 Å². The molecule has 1 aliphatic rings. The van der Waals surface area contributed by atoms with Crippen molar-refractivity contribution in [1.82, 2.24) is 5.32 Å². The van der Waals surface area contributed by atoms with Crippen molar-refractivity contribution >= 4 is 23.6 Å². The first-order valence-corrected chi connectivity index (χ1v) is 8.70. The molecule has 0 unspecified atom stereocenters. The second-order valence-electron chi connectivity index (χ2n) is 5.38. The van der Waals surface area contributed by atoms with Crippen molar-refractivity contribution in [2.24, 2.45) is 5.92 Å². The van der Waals surface area contributed by atoms with Gasteiger partial charge < -0.3 is 10.1 Å². The van der Waals surface area contributed by atoms with E-state index >= 15 is 0 Å². The van der Waals surface area contributed by atoms with Gasteiger partial charge in [0.05, 0.1) is 35.1 Å². The number of nitrogens with zero attached hydrogens (tertiary/aromatic N) is 2. The largest absolute Gasteiger partial charge is 0.465 e. The predicted molar refractivity (Wildman–Crippen MR) is 92.9 cm³/mol. The summed E-state index contributed by atoms with van der Waals surface area (Å²) in [6.45, 7) is 3.84. The quantitative estimate of drug-likeness (QED) is 0.814. The molecule has 0 radical (unpaired) electrons. The van der Waals surface area contributed by atoms with E-state index in [1.165, 1.54) is 0 Å². The van der Waals surface area contributed by atoms with E-state index in [1.54, 1.807) is 6.92 Å². The van der Waals surface area contributed by atoms with E-state index in [0.717, 1.165) is 22.9 Å². The molecule has 7 heteroatoms. The molecule has 1 heterocycles. The molecule has 0 spiro atoms. The first-order valence-electron chi connectivity index (χ1n) is 7.72. The standard InChI is InChI=1S/C18H17N3O3S/c1-3-24-15(22)10-25-18-14(9-20)16(13(8-19)17(23)21-18)12-7-5-4-6-11(12)2/h4-7,13,16H,3,10H2,1-2H3,(H,21,23)/t13-,16-/m1/s1. The molecule has 0 saturated heterocycles. The molecule has 1 amide bonds. The molecule has 0 saturated carbocycles. The van der Waals surface area contributed by atoms with Gasteiger partial charge in [-0.25, -0.2) is 0 Å². The summed E-state index contributed by atoms with van der Waals surface area (Å²) in [5.41, 5.74) is 1.94. The van der Waals surface area contributed by atoms with Gasteiger partial charge in [-0.3, -0.25) is 9.59 Å². The van der Waals surface area contributed by atoms with Crippen molar-refractivity contribution in [3.63, 3.8) is 0 Å². The number of carbonyl (C=O) groups excluding carboxylic acids is 2. The van der Waals surface area contributed by atoms with Crippen LogP contribution in [0.4, 0.5) is 0 Å². The Balaban J connectivity index is 2.45. The highest BCUT2D eigenvalue weighted by Crippen LogP contribution is 2.40. The normalized spacial score (nSPS) is 19.6. The first-order chi connectivity index (χ1) is 12.0. The summed E-state index contributed by atoms with van der Waals surface area (Å²) in [4.78, 5) is 23.9. The number of nitriles is 2. The number of nitrogens with one attached hydrogen (secondary N) is 1. The maximum Gasteiger partial charge on any atom is 0.316 e. The van der Waals surface area contributed by atoms with Gasteiger partial charge in [0, 0.05) is 5.92 Å². The van der Waals surface area contributed by atoms with Crippen LogP contribution < -0.4 is 5.32 Å². The van der Waals surface area contributed by atoms with Crippen LogP contribution in [-0.2, 0) is 14.3 Å². The zero-order chi connectivity index (χ0) is 18.4. The molecule has 1 aliphatic heterocycles. The van der Waals surface area contributed by atoms with Crippen molar-refractivity contribution in [1.29, 1.82) is 10.5 Å². The Morgan fingerprint density at radius 3 is 2.68 bits per heavy atom. The molecule has 2 atom stereocenters. The molecule has 0 aromatic heterocycles. The highest BCUT2D eigenvalue weighted by atomic mass is 32.2. The number of benzene rings is 1. The fraction of sp³-hybridized carbons (Fsp3) is 0.333. The van der Waals surface area contributed by atoms with Gasteiger partial charge in [0.1, 0.15) is 5.92 Å². The molecule has 2 rings (SSSR count). The third kappa shape index (κ3) is 4.01. The van der Waals surface area contributed by atoms with Crippen LogP contribution in [0.2, 0.25) is 0 Å². The van der Waals surface area contributed by atoms with Crippen LogP contribution in [0.1, 0.15) is 24.0 Å². The van der Waals surface area contributed by atoms with Gasteiger partial charge >= 0.3 is 5.97 Å². The van der Waals surface area contributed by atoms with E-state index in [9.17, 15) is 20.1 Å². The van der Waals surface area contributed by atoms with E-state index in [4.69, 9.17) is 4.74 Å². The van der Waals surface area contributed by atoms with E-state index in [2.05, 4.69) is 11.4 Å². The van der Waals surface area contributed by atoms with Gasteiger partial charge in [0.2, 0.25) is 5.91 Å². The number of thioether (sulfide) groups is 1. The minimum absolute atomic E-state index is 0.0215. The highest BCUT2D eigenvalue weighted by Gasteiger charge is 2.40. The fourth-order valence-corrected chi connectivity index (χ4v) is 3.53. The number of amides is 1. The molecule has 128 valence electrons. The molecule has 25 heavy (non-hydrogen) atoms. The van der Waals surface area contributed by atoms with Crippen LogP contribution in [0.3, 0.4) is 0 Å².